The van der Waals surface area contributed by atoms with Gasteiger partial charge in [-0.25, -0.2) is 9.18 Å². The molecule has 1 saturated heterocycles. The fraction of sp³-hybridized carbons (Fsp3) is 0.679. The van der Waals surface area contributed by atoms with Gasteiger partial charge in [-0.05, 0) is 51.0 Å². The van der Waals surface area contributed by atoms with Crippen LogP contribution in [0.5, 0.6) is 0 Å². The van der Waals surface area contributed by atoms with Crippen LogP contribution in [-0.2, 0) is 20.9 Å². The zero-order chi connectivity index (χ0) is 26.7. The van der Waals surface area contributed by atoms with E-state index < -0.39 is 29.9 Å². The van der Waals surface area contributed by atoms with E-state index in [2.05, 4.69) is 23.7 Å². The number of ether oxygens (including phenoxy) is 2. The van der Waals surface area contributed by atoms with Gasteiger partial charge < -0.3 is 19.5 Å². The molecule has 2 unspecified atom stereocenters. The number of carboxylic acid groups (broad SMARTS) is 1. The van der Waals surface area contributed by atoms with Crippen molar-refractivity contribution in [1.82, 2.24) is 4.98 Å². The molecule has 200 valence electrons. The molecule has 0 radical (unpaired) electrons. The van der Waals surface area contributed by atoms with Crippen molar-refractivity contribution in [3.63, 3.8) is 0 Å². The fourth-order valence-electron chi connectivity index (χ4n) is 4.47. The molecule has 1 aromatic rings. The van der Waals surface area contributed by atoms with Gasteiger partial charge in [0.1, 0.15) is 12.3 Å². The summed E-state index contributed by atoms with van der Waals surface area (Å²) in [6, 6.07) is 1.81. The predicted molar refractivity (Wildman–Crippen MR) is 141 cm³/mol. The number of rotatable bonds is 9. The first kappa shape index (κ1) is 28.3. The molecule has 2 aliphatic rings. The zero-order valence-corrected chi connectivity index (χ0v) is 22.8. The van der Waals surface area contributed by atoms with Crippen molar-refractivity contribution >= 4 is 23.6 Å². The van der Waals surface area contributed by atoms with Crippen LogP contribution in [0.1, 0.15) is 79.0 Å². The Balaban J connectivity index is 1.96. The maximum absolute atomic E-state index is 13.5. The smallest absolute Gasteiger partial charge is 0.336 e. The number of aliphatic imine (C=N–C) groups is 1. The monoisotopic (exact) mass is 503 g/mol. The van der Waals surface area contributed by atoms with Gasteiger partial charge in [0, 0.05) is 43.2 Å². The summed E-state index contributed by atoms with van der Waals surface area (Å²) in [5, 5.41) is 10.1. The van der Waals surface area contributed by atoms with Crippen LogP contribution in [-0.4, -0.2) is 59.3 Å². The molecule has 3 heterocycles. The molecular formula is C28H42FN3O4. The standard InChI is InChI=1S/C28H42FN3O4/c1-19(2)17-35-28(24(25(33)34)36-26(3,4)5)9-8-22(31-18-28)21-16-30-20(15-29)14-23(21)32-12-10-27(6,7)11-13-32/h8,14,16,18-19,24H,9-13,15,17H2,1-7H3,(H,33,34). The van der Waals surface area contributed by atoms with Crippen LogP contribution in [0.4, 0.5) is 10.1 Å². The summed E-state index contributed by atoms with van der Waals surface area (Å²) in [5.74, 6) is -0.889. The van der Waals surface area contributed by atoms with Crippen LogP contribution >= 0.6 is 0 Å². The van der Waals surface area contributed by atoms with Crippen molar-refractivity contribution in [3.8, 4) is 0 Å². The first-order chi connectivity index (χ1) is 16.8. The summed E-state index contributed by atoms with van der Waals surface area (Å²) < 4.78 is 25.7. The van der Waals surface area contributed by atoms with E-state index in [1.54, 1.807) is 12.4 Å². The van der Waals surface area contributed by atoms with E-state index in [9.17, 15) is 14.3 Å². The molecule has 7 nitrogen and oxygen atoms in total. The number of halogens is 1. The SMILES string of the molecule is CC(C)COC1(C(OC(C)(C)C)C(=O)O)C=NC(c2cnc(CF)cc2N2CCC(C)(C)CC2)=CC1. The normalized spacial score (nSPS) is 23.0. The maximum atomic E-state index is 13.5. The molecule has 1 fully saturated rings. The van der Waals surface area contributed by atoms with Gasteiger partial charge in [0.2, 0.25) is 0 Å². The average Bonchev–Trinajstić information content (AvgIpc) is 2.80. The Morgan fingerprint density at radius 3 is 2.42 bits per heavy atom. The molecule has 1 aromatic heterocycles. The molecule has 1 N–H and O–H groups in total. The minimum atomic E-state index is -1.24. The highest BCUT2D eigenvalue weighted by Gasteiger charge is 2.47. The maximum Gasteiger partial charge on any atom is 0.336 e. The number of carbonyl (C=O) groups is 1. The minimum absolute atomic E-state index is 0.206. The van der Waals surface area contributed by atoms with E-state index in [0.717, 1.165) is 37.2 Å². The van der Waals surface area contributed by atoms with Crippen LogP contribution in [0, 0.1) is 11.3 Å². The molecular weight excluding hydrogens is 461 g/mol. The molecule has 0 spiro atoms. The number of aromatic nitrogens is 1. The first-order valence-electron chi connectivity index (χ1n) is 12.9. The predicted octanol–water partition coefficient (Wildman–Crippen LogP) is 5.67. The number of alkyl halides is 1. The third-order valence-corrected chi connectivity index (χ3v) is 6.67. The number of hydrogen-bond donors (Lipinski definition) is 1. The van der Waals surface area contributed by atoms with Gasteiger partial charge in [0.25, 0.3) is 0 Å². The van der Waals surface area contributed by atoms with Gasteiger partial charge in [-0.3, -0.25) is 9.98 Å². The Hall–Kier alpha value is -2.32. The molecule has 0 aliphatic carbocycles. The number of aliphatic carboxylic acids is 1. The number of pyridine rings is 1. The Bertz CT molecular complexity index is 989. The number of piperidine rings is 1. The lowest BCUT2D eigenvalue weighted by atomic mass is 9.82. The van der Waals surface area contributed by atoms with Gasteiger partial charge in [-0.2, -0.15) is 0 Å². The molecule has 0 aromatic carbocycles. The number of anilines is 1. The summed E-state index contributed by atoms with van der Waals surface area (Å²) in [4.78, 5) is 23.6. The molecule has 2 aliphatic heterocycles. The molecule has 36 heavy (non-hydrogen) atoms. The highest BCUT2D eigenvalue weighted by atomic mass is 19.1. The van der Waals surface area contributed by atoms with Crippen LogP contribution in [0.3, 0.4) is 0 Å². The van der Waals surface area contributed by atoms with Crippen LogP contribution in [0.15, 0.2) is 23.3 Å². The van der Waals surface area contributed by atoms with E-state index in [0.29, 0.717) is 18.0 Å². The molecule has 0 amide bonds. The van der Waals surface area contributed by atoms with Crippen molar-refractivity contribution in [2.24, 2.45) is 16.3 Å². The van der Waals surface area contributed by atoms with Crippen molar-refractivity contribution in [2.75, 3.05) is 24.6 Å². The Labute approximate surface area is 214 Å². The number of hydrogen-bond acceptors (Lipinski definition) is 6. The topological polar surface area (TPSA) is 84.2 Å². The van der Waals surface area contributed by atoms with Gasteiger partial charge in [-0.1, -0.05) is 33.8 Å². The Morgan fingerprint density at radius 2 is 1.92 bits per heavy atom. The van der Waals surface area contributed by atoms with Crippen LogP contribution < -0.4 is 4.90 Å². The molecule has 2 atom stereocenters. The summed E-state index contributed by atoms with van der Waals surface area (Å²) in [6.07, 6.45) is 6.29. The average molecular weight is 504 g/mol. The highest BCUT2D eigenvalue weighted by molar-refractivity contribution is 5.90. The van der Waals surface area contributed by atoms with Gasteiger partial charge in [0.15, 0.2) is 6.10 Å². The Kier molecular flexibility index (Phi) is 8.61. The van der Waals surface area contributed by atoms with Gasteiger partial charge in [0.05, 0.1) is 23.6 Å². The second-order valence-corrected chi connectivity index (χ2v) is 12.1. The fourth-order valence-corrected chi connectivity index (χ4v) is 4.47. The van der Waals surface area contributed by atoms with Crippen molar-refractivity contribution in [2.45, 2.75) is 91.7 Å². The minimum Gasteiger partial charge on any atom is -0.479 e. The molecule has 8 heteroatoms. The second-order valence-electron chi connectivity index (χ2n) is 12.1. The second kappa shape index (κ2) is 11.0. The first-order valence-corrected chi connectivity index (χ1v) is 12.9. The van der Waals surface area contributed by atoms with Crippen molar-refractivity contribution in [1.29, 1.82) is 0 Å². The van der Waals surface area contributed by atoms with E-state index >= 15 is 0 Å². The van der Waals surface area contributed by atoms with Crippen molar-refractivity contribution < 1.29 is 23.8 Å². The third-order valence-electron chi connectivity index (χ3n) is 6.67. The lowest BCUT2D eigenvalue weighted by molar-refractivity contribution is -0.187. The Morgan fingerprint density at radius 1 is 1.25 bits per heavy atom. The van der Waals surface area contributed by atoms with E-state index in [-0.39, 0.29) is 17.8 Å². The molecule has 0 bridgehead atoms. The lowest BCUT2D eigenvalue weighted by Gasteiger charge is -2.40. The van der Waals surface area contributed by atoms with Crippen LogP contribution in [0.25, 0.3) is 5.70 Å². The molecule has 3 rings (SSSR count). The summed E-state index contributed by atoms with van der Waals surface area (Å²) in [7, 11) is 0. The number of carboxylic acids is 1. The largest absolute Gasteiger partial charge is 0.479 e. The van der Waals surface area contributed by atoms with E-state index in [4.69, 9.17) is 14.5 Å². The van der Waals surface area contributed by atoms with Gasteiger partial charge >= 0.3 is 5.97 Å². The quantitative estimate of drug-likeness (QED) is 0.467. The summed E-state index contributed by atoms with van der Waals surface area (Å²) in [6.45, 7) is 15.5. The van der Waals surface area contributed by atoms with Crippen molar-refractivity contribution in [3.05, 3.63) is 29.6 Å². The third kappa shape index (κ3) is 6.91. The zero-order valence-electron chi connectivity index (χ0n) is 22.8. The number of nitrogens with zero attached hydrogens (tertiary/aromatic N) is 3. The van der Waals surface area contributed by atoms with E-state index in [1.807, 2.05) is 46.8 Å². The lowest BCUT2D eigenvalue weighted by Crippen LogP contribution is -2.55. The summed E-state index contributed by atoms with van der Waals surface area (Å²) in [5.41, 5.74) is 1.14. The molecule has 0 saturated carbocycles. The van der Waals surface area contributed by atoms with Crippen LogP contribution in [0.2, 0.25) is 0 Å². The highest BCUT2D eigenvalue weighted by Crippen LogP contribution is 2.38. The van der Waals surface area contributed by atoms with Gasteiger partial charge in [-0.15, -0.1) is 0 Å². The summed E-state index contributed by atoms with van der Waals surface area (Å²) >= 11 is 0. The van der Waals surface area contributed by atoms with E-state index in [1.165, 1.54) is 0 Å².